The second kappa shape index (κ2) is 5.02. The van der Waals surface area contributed by atoms with Crippen molar-refractivity contribution < 1.29 is 0 Å². The van der Waals surface area contributed by atoms with Crippen LogP contribution in [0.15, 0.2) is 30.5 Å². The first kappa shape index (κ1) is 14.4. The predicted molar refractivity (Wildman–Crippen MR) is 96.8 cm³/mol. The van der Waals surface area contributed by atoms with Crippen LogP contribution >= 0.6 is 0 Å². The van der Waals surface area contributed by atoms with E-state index in [1.807, 2.05) is 26.2 Å². The van der Waals surface area contributed by atoms with Crippen molar-refractivity contribution in [3.05, 3.63) is 42.1 Å². The van der Waals surface area contributed by atoms with E-state index in [1.54, 1.807) is 4.68 Å². The van der Waals surface area contributed by atoms with Crippen LogP contribution < -0.4 is 4.90 Å². The number of rotatable bonds is 2. The molecule has 5 rings (SSSR count). The summed E-state index contributed by atoms with van der Waals surface area (Å²) in [6, 6.07) is 8.74. The van der Waals surface area contributed by atoms with Gasteiger partial charge in [0, 0.05) is 20.1 Å². The maximum atomic E-state index is 4.69. The van der Waals surface area contributed by atoms with E-state index < -0.39 is 0 Å². The predicted octanol–water partition coefficient (Wildman–Crippen LogP) is 2.39. The summed E-state index contributed by atoms with van der Waals surface area (Å²) in [5.74, 6) is 2.82. The summed E-state index contributed by atoms with van der Waals surface area (Å²) in [5, 5.41) is 5.35. The quantitative estimate of drug-likeness (QED) is 0.563. The molecule has 1 aliphatic heterocycles. The van der Waals surface area contributed by atoms with Crippen molar-refractivity contribution in [3.8, 4) is 0 Å². The van der Waals surface area contributed by atoms with Gasteiger partial charge in [-0.2, -0.15) is 5.10 Å². The van der Waals surface area contributed by atoms with E-state index in [1.165, 1.54) is 5.52 Å². The van der Waals surface area contributed by atoms with Gasteiger partial charge in [0.05, 0.1) is 28.7 Å². The van der Waals surface area contributed by atoms with Crippen LogP contribution in [0.1, 0.15) is 17.7 Å². The fourth-order valence-electron chi connectivity index (χ4n) is 3.77. The van der Waals surface area contributed by atoms with Crippen LogP contribution in [-0.2, 0) is 7.05 Å². The number of para-hydroxylation sites is 2. The van der Waals surface area contributed by atoms with Gasteiger partial charge in [0.2, 0.25) is 0 Å². The van der Waals surface area contributed by atoms with Crippen molar-refractivity contribution in [2.75, 3.05) is 18.0 Å². The van der Waals surface area contributed by atoms with E-state index in [0.717, 1.165) is 47.1 Å². The van der Waals surface area contributed by atoms with Crippen LogP contribution in [0, 0.1) is 13.8 Å². The summed E-state index contributed by atoms with van der Waals surface area (Å²) in [7, 11) is 1.92. The number of hydrogen-bond acceptors (Lipinski definition) is 5. The summed E-state index contributed by atoms with van der Waals surface area (Å²) < 4.78 is 4.15. The molecule has 0 N–H and O–H groups in total. The minimum atomic E-state index is 0.411. The third kappa shape index (κ3) is 2.05. The maximum Gasteiger partial charge on any atom is 0.163 e. The minimum Gasteiger partial charge on any atom is -0.352 e. The Morgan fingerprint density at radius 3 is 2.68 bits per heavy atom. The topological polar surface area (TPSA) is 64.7 Å². The van der Waals surface area contributed by atoms with Crippen LogP contribution in [0.2, 0.25) is 0 Å². The molecule has 0 saturated carbocycles. The zero-order chi connectivity index (χ0) is 17.1. The van der Waals surface area contributed by atoms with Gasteiger partial charge in [0.15, 0.2) is 5.65 Å². The normalized spacial score (nSPS) is 15.2. The molecule has 0 amide bonds. The fourth-order valence-corrected chi connectivity index (χ4v) is 3.77. The van der Waals surface area contributed by atoms with E-state index in [-0.39, 0.29) is 0 Å². The maximum absolute atomic E-state index is 4.69. The lowest BCUT2D eigenvalue weighted by Gasteiger charge is -2.41. The summed E-state index contributed by atoms with van der Waals surface area (Å²) in [5.41, 5.74) is 3.15. The Labute approximate surface area is 144 Å². The highest BCUT2D eigenvalue weighted by Crippen LogP contribution is 2.33. The van der Waals surface area contributed by atoms with Crippen LogP contribution in [0.5, 0.6) is 0 Å². The first-order valence-corrected chi connectivity index (χ1v) is 8.46. The van der Waals surface area contributed by atoms with Gasteiger partial charge in [0.25, 0.3) is 0 Å². The molecule has 0 atom stereocenters. The molecule has 0 spiro atoms. The molecular formula is C18H19N7. The van der Waals surface area contributed by atoms with Gasteiger partial charge in [-0.1, -0.05) is 12.1 Å². The van der Waals surface area contributed by atoms with Gasteiger partial charge in [-0.15, -0.1) is 0 Å². The Morgan fingerprint density at radius 1 is 1.04 bits per heavy atom. The van der Waals surface area contributed by atoms with Crippen molar-refractivity contribution in [3.63, 3.8) is 0 Å². The summed E-state index contributed by atoms with van der Waals surface area (Å²) in [4.78, 5) is 16.2. The summed E-state index contributed by atoms with van der Waals surface area (Å²) >= 11 is 0. The average Bonchev–Trinajstić information content (AvgIpc) is 3.07. The van der Waals surface area contributed by atoms with Gasteiger partial charge in [0.1, 0.15) is 17.5 Å². The van der Waals surface area contributed by atoms with E-state index >= 15 is 0 Å². The first-order chi connectivity index (χ1) is 12.1. The zero-order valence-corrected chi connectivity index (χ0v) is 14.5. The Hall–Kier alpha value is -2.96. The molecule has 1 fully saturated rings. The zero-order valence-electron chi connectivity index (χ0n) is 14.5. The first-order valence-electron chi connectivity index (χ1n) is 8.46. The van der Waals surface area contributed by atoms with Gasteiger partial charge >= 0.3 is 0 Å². The molecule has 4 aromatic rings. The number of aromatic nitrogens is 6. The summed E-state index contributed by atoms with van der Waals surface area (Å²) in [6.45, 7) is 5.85. The molecule has 0 radical (unpaired) electrons. The molecule has 25 heavy (non-hydrogen) atoms. The molecule has 0 unspecified atom stereocenters. The van der Waals surface area contributed by atoms with Crippen LogP contribution in [-0.4, -0.2) is 42.4 Å². The Kier molecular flexibility index (Phi) is 2.89. The summed E-state index contributed by atoms with van der Waals surface area (Å²) in [6.07, 6.45) is 1.86. The van der Waals surface area contributed by atoms with Gasteiger partial charge < -0.3 is 9.47 Å². The second-order valence-corrected chi connectivity index (χ2v) is 6.68. The van der Waals surface area contributed by atoms with Crippen LogP contribution in [0.3, 0.4) is 0 Å². The standard InChI is InChI=1S/C18H19N7/c1-11-20-17-14(8-19-23(17)3)18(21-11)24-9-13(10-24)25-12(2)22-15-6-4-5-7-16(15)25/h4-8,13H,9-10H2,1-3H3. The highest BCUT2D eigenvalue weighted by Gasteiger charge is 2.32. The molecule has 7 heteroatoms. The van der Waals surface area contributed by atoms with Crippen molar-refractivity contribution >= 4 is 27.9 Å². The number of fused-ring (bicyclic) bond motifs is 2. The van der Waals surface area contributed by atoms with E-state index in [4.69, 9.17) is 0 Å². The van der Waals surface area contributed by atoms with Crippen LogP contribution in [0.25, 0.3) is 22.1 Å². The van der Waals surface area contributed by atoms with E-state index in [2.05, 4.69) is 54.6 Å². The van der Waals surface area contributed by atoms with Gasteiger partial charge in [-0.3, -0.25) is 4.68 Å². The number of anilines is 1. The largest absolute Gasteiger partial charge is 0.352 e. The molecule has 126 valence electrons. The van der Waals surface area contributed by atoms with Crippen LogP contribution in [0.4, 0.5) is 5.82 Å². The molecule has 1 aromatic carbocycles. The molecule has 4 heterocycles. The molecule has 0 aliphatic carbocycles. The van der Waals surface area contributed by atoms with Crippen molar-refractivity contribution in [1.82, 2.24) is 29.3 Å². The highest BCUT2D eigenvalue weighted by atomic mass is 15.3. The Morgan fingerprint density at radius 2 is 1.84 bits per heavy atom. The van der Waals surface area contributed by atoms with Crippen molar-refractivity contribution in [2.24, 2.45) is 7.05 Å². The fraction of sp³-hybridized carbons (Fsp3) is 0.333. The second-order valence-electron chi connectivity index (χ2n) is 6.68. The third-order valence-electron chi connectivity index (χ3n) is 4.98. The lowest BCUT2D eigenvalue weighted by atomic mass is 10.1. The number of benzene rings is 1. The molecule has 1 saturated heterocycles. The number of hydrogen-bond donors (Lipinski definition) is 0. The third-order valence-corrected chi connectivity index (χ3v) is 4.98. The monoisotopic (exact) mass is 333 g/mol. The molecule has 7 nitrogen and oxygen atoms in total. The lowest BCUT2D eigenvalue weighted by Crippen LogP contribution is -2.48. The SMILES string of the molecule is Cc1nc(N2CC(n3c(C)nc4ccccc43)C2)c2cnn(C)c2n1. The van der Waals surface area contributed by atoms with Gasteiger partial charge in [-0.05, 0) is 26.0 Å². The molecule has 0 bridgehead atoms. The lowest BCUT2D eigenvalue weighted by molar-refractivity contribution is 0.400. The van der Waals surface area contributed by atoms with Crippen molar-refractivity contribution in [1.29, 1.82) is 0 Å². The smallest absolute Gasteiger partial charge is 0.163 e. The number of aryl methyl sites for hydroxylation is 3. The number of imidazole rings is 1. The molecule has 3 aromatic heterocycles. The van der Waals surface area contributed by atoms with Crippen molar-refractivity contribution in [2.45, 2.75) is 19.9 Å². The average molecular weight is 333 g/mol. The Bertz CT molecular complexity index is 1100. The Balaban J connectivity index is 1.50. The van der Waals surface area contributed by atoms with Gasteiger partial charge in [-0.25, -0.2) is 15.0 Å². The number of nitrogens with zero attached hydrogens (tertiary/aromatic N) is 7. The minimum absolute atomic E-state index is 0.411. The highest BCUT2D eigenvalue weighted by molar-refractivity contribution is 5.87. The van der Waals surface area contributed by atoms with E-state index in [0.29, 0.717) is 6.04 Å². The molecule has 1 aliphatic rings. The van der Waals surface area contributed by atoms with E-state index in [9.17, 15) is 0 Å². The molecular weight excluding hydrogens is 314 g/mol.